The second-order valence-electron chi connectivity index (χ2n) is 8.44. The van der Waals surface area contributed by atoms with Crippen LogP contribution in [0.15, 0.2) is 30.7 Å². The fourth-order valence-corrected chi connectivity index (χ4v) is 4.60. The smallest absolute Gasteiger partial charge is 0.369 e. The van der Waals surface area contributed by atoms with Crippen molar-refractivity contribution in [1.82, 2.24) is 24.7 Å². The van der Waals surface area contributed by atoms with Crippen LogP contribution in [-0.4, -0.2) is 57.3 Å². The molecule has 0 radical (unpaired) electrons. The van der Waals surface area contributed by atoms with Gasteiger partial charge in [-0.15, -0.1) is 0 Å². The van der Waals surface area contributed by atoms with Gasteiger partial charge in [0.1, 0.15) is 23.6 Å². The predicted molar refractivity (Wildman–Crippen MR) is 107 cm³/mol. The molecule has 3 aromatic rings. The molecule has 3 aromatic heterocycles. The van der Waals surface area contributed by atoms with Crippen molar-refractivity contribution in [3.8, 4) is 0 Å². The summed E-state index contributed by atoms with van der Waals surface area (Å²) in [6.07, 6.45) is -0.754. The van der Waals surface area contributed by atoms with E-state index in [2.05, 4.69) is 25.0 Å². The molecular formula is C20H20F5N7. The molecule has 0 saturated carbocycles. The number of nitrogens with zero attached hydrogens (tertiary/aromatic N) is 7. The van der Waals surface area contributed by atoms with E-state index >= 15 is 0 Å². The molecule has 2 saturated heterocycles. The molecule has 7 nitrogen and oxygen atoms in total. The fraction of sp³-hybridized carbons (Fsp3) is 0.500. The third-order valence-electron chi connectivity index (χ3n) is 6.08. The Labute approximate surface area is 179 Å². The molecule has 0 N–H and O–H groups in total. The minimum Gasteiger partial charge on any atom is -0.369 e. The zero-order valence-corrected chi connectivity index (χ0v) is 16.9. The predicted octanol–water partition coefficient (Wildman–Crippen LogP) is 3.61. The molecule has 2 aliphatic heterocycles. The highest BCUT2D eigenvalue weighted by Crippen LogP contribution is 2.42. The van der Waals surface area contributed by atoms with E-state index in [9.17, 15) is 22.0 Å². The number of alkyl halides is 5. The number of hydrogen-bond acceptors (Lipinski definition) is 6. The van der Waals surface area contributed by atoms with Crippen molar-refractivity contribution in [1.29, 1.82) is 0 Å². The summed E-state index contributed by atoms with van der Waals surface area (Å²) < 4.78 is 65.0. The summed E-state index contributed by atoms with van der Waals surface area (Å²) in [6.45, 7) is 2.35. The number of rotatable bonds is 4. The zero-order valence-electron chi connectivity index (χ0n) is 16.9. The zero-order chi connectivity index (χ0) is 22.5. The molecule has 0 atom stereocenters. The normalized spacial score (nSPS) is 18.6. The summed E-state index contributed by atoms with van der Waals surface area (Å²) >= 11 is 0. The largest absolute Gasteiger partial charge is 0.433 e. The number of aromatic nitrogens is 5. The molecule has 0 bridgehead atoms. The quantitative estimate of drug-likeness (QED) is 0.563. The fourth-order valence-electron chi connectivity index (χ4n) is 4.60. The first-order valence-corrected chi connectivity index (χ1v) is 10.2. The third kappa shape index (κ3) is 3.82. The third-order valence-corrected chi connectivity index (χ3v) is 6.08. The number of halogens is 5. The Morgan fingerprint density at radius 1 is 1.00 bits per heavy atom. The maximum absolute atomic E-state index is 12.8. The Hall–Kier alpha value is -3.05. The second-order valence-corrected chi connectivity index (χ2v) is 8.44. The van der Waals surface area contributed by atoms with Gasteiger partial charge >= 0.3 is 6.18 Å². The van der Waals surface area contributed by atoms with Crippen molar-refractivity contribution >= 4 is 22.7 Å². The molecule has 32 heavy (non-hydrogen) atoms. The van der Waals surface area contributed by atoms with Crippen LogP contribution in [0.4, 0.5) is 33.5 Å². The first-order chi connectivity index (χ1) is 15.2. The van der Waals surface area contributed by atoms with Crippen LogP contribution in [0.1, 0.15) is 18.5 Å². The molecular weight excluding hydrogens is 433 g/mol. The van der Waals surface area contributed by atoms with Gasteiger partial charge in [0.05, 0.1) is 24.3 Å². The molecule has 5 heterocycles. The molecule has 2 fully saturated rings. The van der Waals surface area contributed by atoms with Gasteiger partial charge in [-0.25, -0.2) is 28.4 Å². The maximum atomic E-state index is 12.8. The number of hydrogen-bond donors (Lipinski definition) is 0. The summed E-state index contributed by atoms with van der Waals surface area (Å²) in [5.74, 6) is 0.613. The minimum atomic E-state index is -4.45. The van der Waals surface area contributed by atoms with Crippen LogP contribution in [0.2, 0.25) is 0 Å². The van der Waals surface area contributed by atoms with E-state index in [4.69, 9.17) is 0 Å². The van der Waals surface area contributed by atoms with Crippen LogP contribution in [0.25, 0.3) is 11.2 Å². The molecule has 5 rings (SSSR count). The van der Waals surface area contributed by atoms with Crippen molar-refractivity contribution in [3.63, 3.8) is 0 Å². The molecule has 0 unspecified atom stereocenters. The van der Waals surface area contributed by atoms with Crippen LogP contribution >= 0.6 is 0 Å². The molecule has 2 aliphatic rings. The van der Waals surface area contributed by atoms with Crippen LogP contribution in [0.3, 0.4) is 0 Å². The van der Waals surface area contributed by atoms with Gasteiger partial charge in [-0.2, -0.15) is 18.3 Å². The van der Waals surface area contributed by atoms with E-state index in [0.29, 0.717) is 42.3 Å². The Kier molecular flexibility index (Phi) is 4.90. The molecule has 1 spiro atoms. The lowest BCUT2D eigenvalue weighted by atomic mass is 9.73. The topological polar surface area (TPSA) is 63.0 Å². The van der Waals surface area contributed by atoms with Crippen LogP contribution in [0, 0.1) is 5.41 Å². The molecule has 170 valence electrons. The highest BCUT2D eigenvalue weighted by atomic mass is 19.4. The molecule has 12 heteroatoms. The lowest BCUT2D eigenvalue weighted by molar-refractivity contribution is -0.141. The van der Waals surface area contributed by atoms with Crippen LogP contribution < -0.4 is 9.80 Å². The van der Waals surface area contributed by atoms with Crippen molar-refractivity contribution in [2.45, 2.75) is 32.0 Å². The second kappa shape index (κ2) is 7.52. The number of piperidine rings is 1. The van der Waals surface area contributed by atoms with Gasteiger partial charge in [-0.05, 0) is 25.0 Å². The van der Waals surface area contributed by atoms with Gasteiger partial charge in [0.25, 0.3) is 6.43 Å². The van der Waals surface area contributed by atoms with Crippen molar-refractivity contribution < 1.29 is 22.0 Å². The Morgan fingerprint density at radius 2 is 1.78 bits per heavy atom. The van der Waals surface area contributed by atoms with E-state index in [1.165, 1.54) is 23.1 Å². The summed E-state index contributed by atoms with van der Waals surface area (Å²) in [4.78, 5) is 16.5. The number of pyridine rings is 1. The van der Waals surface area contributed by atoms with Gasteiger partial charge in [0.15, 0.2) is 5.65 Å². The van der Waals surface area contributed by atoms with Gasteiger partial charge in [-0.1, -0.05) is 0 Å². The van der Waals surface area contributed by atoms with Gasteiger partial charge in [0, 0.05) is 31.6 Å². The van der Waals surface area contributed by atoms with Crippen LogP contribution in [-0.2, 0) is 12.7 Å². The molecule has 0 aliphatic carbocycles. The summed E-state index contributed by atoms with van der Waals surface area (Å²) in [5.41, 5.74) is 0.540. The first-order valence-electron chi connectivity index (χ1n) is 10.2. The van der Waals surface area contributed by atoms with E-state index < -0.39 is 24.8 Å². The monoisotopic (exact) mass is 453 g/mol. The Balaban J connectivity index is 1.29. The lowest BCUT2D eigenvalue weighted by Gasteiger charge is -2.55. The Morgan fingerprint density at radius 3 is 2.47 bits per heavy atom. The summed E-state index contributed by atoms with van der Waals surface area (Å²) in [7, 11) is 0. The highest BCUT2D eigenvalue weighted by Gasteiger charge is 2.46. The number of fused-ring (bicyclic) bond motifs is 1. The summed E-state index contributed by atoms with van der Waals surface area (Å²) in [5, 5.41) is 3.95. The molecule has 0 aromatic carbocycles. The van der Waals surface area contributed by atoms with E-state index in [1.807, 2.05) is 4.90 Å². The first kappa shape index (κ1) is 20.8. The lowest BCUT2D eigenvalue weighted by Crippen LogP contribution is -2.63. The maximum Gasteiger partial charge on any atom is 0.433 e. The van der Waals surface area contributed by atoms with Crippen LogP contribution in [0.5, 0.6) is 0 Å². The molecule has 0 amide bonds. The van der Waals surface area contributed by atoms with Crippen molar-refractivity contribution in [2.24, 2.45) is 5.41 Å². The summed E-state index contributed by atoms with van der Waals surface area (Å²) in [6, 6.07) is 2.45. The van der Waals surface area contributed by atoms with Gasteiger partial charge < -0.3 is 9.80 Å². The average molecular weight is 453 g/mol. The van der Waals surface area contributed by atoms with E-state index in [-0.39, 0.29) is 5.41 Å². The van der Waals surface area contributed by atoms with Gasteiger partial charge in [0.2, 0.25) is 0 Å². The SMILES string of the molecule is FC(F)Cn1ncc2ncc(N3CCCC4(CN(c5ccc(C(F)(F)F)nc5)C4)C3)nc21. The highest BCUT2D eigenvalue weighted by molar-refractivity contribution is 5.71. The van der Waals surface area contributed by atoms with Crippen molar-refractivity contribution in [2.75, 3.05) is 36.0 Å². The minimum absolute atomic E-state index is 0.0131. The van der Waals surface area contributed by atoms with E-state index in [1.54, 1.807) is 6.20 Å². The Bertz CT molecular complexity index is 1110. The van der Waals surface area contributed by atoms with Gasteiger partial charge in [-0.3, -0.25) is 0 Å². The van der Waals surface area contributed by atoms with E-state index in [0.717, 1.165) is 25.5 Å². The number of anilines is 2. The average Bonchev–Trinajstić information content (AvgIpc) is 3.13. The van der Waals surface area contributed by atoms with Crippen molar-refractivity contribution in [3.05, 3.63) is 36.4 Å². The standard InChI is InChI=1S/C20H20F5N7/c21-16(22)9-32-18-14(7-28-32)26-8-17(29-18)30-5-1-4-19(10-30)11-31(12-19)13-2-3-15(27-6-13)20(23,24)25/h2-3,6-8,16H,1,4-5,9-12H2.